The molecule has 0 aliphatic heterocycles. The number of aliphatic hydroxyl groups is 1. The number of nitrogens with one attached hydrogen (secondary N) is 2. The predicted octanol–water partition coefficient (Wildman–Crippen LogP) is 1.57. The quantitative estimate of drug-likeness (QED) is 0.608. The van der Waals surface area contributed by atoms with Crippen molar-refractivity contribution in [3.05, 3.63) is 24.0 Å². The molecule has 1 saturated carbocycles. The monoisotopic (exact) mass is 326 g/mol. The van der Waals surface area contributed by atoms with Crippen molar-refractivity contribution >= 4 is 17.7 Å². The minimum Gasteiger partial charge on any atom is -0.491 e. The Morgan fingerprint density at radius 1 is 1.43 bits per heavy atom. The molecule has 126 valence electrons. The number of ether oxygens (including phenoxy) is 1. The molecule has 23 heavy (non-hydrogen) atoms. The van der Waals surface area contributed by atoms with Crippen LogP contribution in [0.25, 0.3) is 0 Å². The van der Waals surface area contributed by atoms with Crippen molar-refractivity contribution in [3.8, 4) is 5.75 Å². The fourth-order valence-electron chi connectivity index (χ4n) is 1.71. The number of anilines is 1. The fraction of sp³-hybridized carbons (Fsp3) is 0.467. The third-order valence-corrected chi connectivity index (χ3v) is 3.42. The van der Waals surface area contributed by atoms with Crippen LogP contribution in [0.15, 0.2) is 18.2 Å². The number of halogens is 1. The van der Waals surface area contributed by atoms with E-state index in [-0.39, 0.29) is 11.4 Å². The van der Waals surface area contributed by atoms with E-state index in [4.69, 9.17) is 9.84 Å². The highest BCUT2D eigenvalue weighted by Crippen LogP contribution is 2.32. The Labute approximate surface area is 132 Å². The van der Waals surface area contributed by atoms with E-state index in [0.717, 1.165) is 19.8 Å². The maximum Gasteiger partial charge on any atom is 0.337 e. The molecular weight excluding hydrogens is 307 g/mol. The Balaban J connectivity index is 1.95. The zero-order valence-electron chi connectivity index (χ0n) is 12.6. The van der Waals surface area contributed by atoms with Crippen molar-refractivity contribution in [3.63, 3.8) is 0 Å². The van der Waals surface area contributed by atoms with Crippen LogP contribution in [0.5, 0.6) is 5.75 Å². The summed E-state index contributed by atoms with van der Waals surface area (Å²) in [7, 11) is 0. The summed E-state index contributed by atoms with van der Waals surface area (Å²) in [6.45, 7) is 1.04. The molecule has 8 heteroatoms. The van der Waals surface area contributed by atoms with Crippen LogP contribution in [0.2, 0.25) is 0 Å². The number of carboxylic acids is 1. The number of hydrogen-bond donors (Lipinski definition) is 4. The van der Waals surface area contributed by atoms with E-state index in [1.54, 1.807) is 0 Å². The molecule has 0 aromatic heterocycles. The van der Waals surface area contributed by atoms with Crippen molar-refractivity contribution < 1.29 is 28.9 Å². The number of amides is 2. The van der Waals surface area contributed by atoms with E-state index in [9.17, 15) is 19.1 Å². The van der Waals surface area contributed by atoms with Gasteiger partial charge in [0.05, 0.1) is 18.8 Å². The van der Waals surface area contributed by atoms with Crippen LogP contribution in [-0.4, -0.2) is 41.0 Å². The van der Waals surface area contributed by atoms with Gasteiger partial charge >= 0.3 is 12.0 Å². The summed E-state index contributed by atoms with van der Waals surface area (Å²) in [6.07, 6.45) is 2.14. The molecule has 0 heterocycles. The number of carbonyl (C=O) groups excluding carboxylic acids is 1. The molecule has 7 nitrogen and oxygen atoms in total. The van der Waals surface area contributed by atoms with E-state index >= 15 is 0 Å². The molecule has 1 aromatic carbocycles. The number of benzene rings is 1. The molecule has 1 fully saturated rings. The van der Waals surface area contributed by atoms with Crippen LogP contribution >= 0.6 is 0 Å². The van der Waals surface area contributed by atoms with E-state index in [2.05, 4.69) is 10.6 Å². The minimum atomic E-state index is -2.08. The third-order valence-electron chi connectivity index (χ3n) is 3.42. The van der Waals surface area contributed by atoms with Gasteiger partial charge in [-0.15, -0.1) is 0 Å². The first-order chi connectivity index (χ1) is 10.8. The Hall–Kier alpha value is -2.35. The normalized spacial score (nSPS) is 16.3. The summed E-state index contributed by atoms with van der Waals surface area (Å²) < 4.78 is 18.8. The lowest BCUT2D eigenvalue weighted by atomic mass is 10.1. The van der Waals surface area contributed by atoms with Crippen LogP contribution in [0.4, 0.5) is 14.9 Å². The van der Waals surface area contributed by atoms with Crippen LogP contribution < -0.4 is 15.4 Å². The maximum absolute atomic E-state index is 13.3. The van der Waals surface area contributed by atoms with Crippen LogP contribution in [0.1, 0.15) is 19.8 Å². The number of urea groups is 1. The molecular formula is C15H19FN2O5. The van der Waals surface area contributed by atoms with E-state index in [1.807, 2.05) is 0 Å². The van der Waals surface area contributed by atoms with Gasteiger partial charge in [-0.05, 0) is 37.8 Å². The summed E-state index contributed by atoms with van der Waals surface area (Å²) in [5, 5.41) is 23.0. The molecule has 1 aromatic rings. The van der Waals surface area contributed by atoms with Crippen molar-refractivity contribution in [2.75, 3.05) is 18.5 Å². The molecule has 0 spiro atoms. The van der Waals surface area contributed by atoms with Gasteiger partial charge in [0.2, 0.25) is 0 Å². The maximum atomic E-state index is 13.3. The minimum absolute atomic E-state index is 0.206. The largest absolute Gasteiger partial charge is 0.491 e. The predicted molar refractivity (Wildman–Crippen MR) is 79.9 cm³/mol. The van der Waals surface area contributed by atoms with Crippen LogP contribution in [0.3, 0.4) is 0 Å². The number of hydrogen-bond acceptors (Lipinski definition) is 4. The standard InChI is InChI=1S/C15H19FN2O5/c1-15(22,13(19)20)8-17-14(21)18-11-5-4-10(16)6-12(11)23-7-9-2-3-9/h4-6,9,22H,2-3,7-8H2,1H3,(H,19,20)(H2,17,18,21). The Morgan fingerprint density at radius 3 is 2.74 bits per heavy atom. The Bertz CT molecular complexity index is 602. The van der Waals surface area contributed by atoms with Gasteiger partial charge in [-0.25, -0.2) is 14.0 Å². The second-order valence-electron chi connectivity index (χ2n) is 5.78. The summed E-state index contributed by atoms with van der Waals surface area (Å²) in [4.78, 5) is 22.5. The highest BCUT2D eigenvalue weighted by molar-refractivity contribution is 5.91. The number of aliphatic carboxylic acids is 1. The first kappa shape index (κ1) is 17.0. The second-order valence-corrected chi connectivity index (χ2v) is 5.78. The second kappa shape index (κ2) is 6.82. The zero-order chi connectivity index (χ0) is 17.0. The number of rotatable bonds is 7. The summed E-state index contributed by atoms with van der Waals surface area (Å²) in [5.41, 5.74) is -1.81. The van der Waals surface area contributed by atoms with Crippen LogP contribution in [0, 0.1) is 11.7 Å². The lowest BCUT2D eigenvalue weighted by Crippen LogP contribution is -2.47. The van der Waals surface area contributed by atoms with Gasteiger partial charge in [-0.3, -0.25) is 0 Å². The molecule has 0 radical (unpaired) electrons. The van der Waals surface area contributed by atoms with Gasteiger partial charge in [0, 0.05) is 6.07 Å². The van der Waals surface area contributed by atoms with Crippen LogP contribution in [-0.2, 0) is 4.79 Å². The van der Waals surface area contributed by atoms with Gasteiger partial charge in [0.1, 0.15) is 11.6 Å². The van der Waals surface area contributed by atoms with Gasteiger partial charge in [0.25, 0.3) is 0 Å². The summed E-state index contributed by atoms with van der Waals surface area (Å²) in [6, 6.07) is 2.97. The van der Waals surface area contributed by atoms with Gasteiger partial charge in [-0.2, -0.15) is 0 Å². The third kappa shape index (κ3) is 5.10. The molecule has 2 rings (SSSR count). The first-order valence-electron chi connectivity index (χ1n) is 7.21. The lowest BCUT2D eigenvalue weighted by Gasteiger charge is -2.19. The van der Waals surface area contributed by atoms with E-state index < -0.39 is 30.0 Å². The summed E-state index contributed by atoms with van der Waals surface area (Å²) in [5.74, 6) is -1.27. The lowest BCUT2D eigenvalue weighted by molar-refractivity contribution is -0.155. The van der Waals surface area contributed by atoms with E-state index in [0.29, 0.717) is 12.5 Å². The highest BCUT2D eigenvalue weighted by atomic mass is 19.1. The topological polar surface area (TPSA) is 108 Å². The molecule has 1 unspecified atom stereocenters. The van der Waals surface area contributed by atoms with Crippen molar-refractivity contribution in [2.45, 2.75) is 25.4 Å². The van der Waals surface area contributed by atoms with Crippen molar-refractivity contribution in [2.24, 2.45) is 5.92 Å². The smallest absolute Gasteiger partial charge is 0.337 e. The summed E-state index contributed by atoms with van der Waals surface area (Å²) >= 11 is 0. The molecule has 4 N–H and O–H groups in total. The average Bonchev–Trinajstić information content (AvgIpc) is 3.29. The SMILES string of the molecule is CC(O)(CNC(=O)Nc1ccc(F)cc1OCC1CC1)C(=O)O. The number of carboxylic acid groups (broad SMARTS) is 1. The average molecular weight is 326 g/mol. The van der Waals surface area contributed by atoms with Crippen molar-refractivity contribution in [1.82, 2.24) is 5.32 Å². The van der Waals surface area contributed by atoms with Crippen molar-refractivity contribution in [1.29, 1.82) is 0 Å². The first-order valence-corrected chi connectivity index (χ1v) is 7.21. The molecule has 0 saturated heterocycles. The zero-order valence-corrected chi connectivity index (χ0v) is 12.6. The van der Waals surface area contributed by atoms with E-state index in [1.165, 1.54) is 18.2 Å². The molecule has 1 aliphatic rings. The van der Waals surface area contributed by atoms with Gasteiger partial charge < -0.3 is 25.6 Å². The van der Waals surface area contributed by atoms with Gasteiger partial charge in [0.15, 0.2) is 5.60 Å². The van der Waals surface area contributed by atoms with Gasteiger partial charge in [-0.1, -0.05) is 0 Å². The molecule has 1 aliphatic carbocycles. The molecule has 1 atom stereocenters. The number of carbonyl (C=O) groups is 2. The highest BCUT2D eigenvalue weighted by Gasteiger charge is 2.30. The Morgan fingerprint density at radius 2 is 2.13 bits per heavy atom. The molecule has 2 amide bonds. The fourth-order valence-corrected chi connectivity index (χ4v) is 1.71. The molecule has 0 bridgehead atoms. The Kier molecular flexibility index (Phi) is 5.05.